The van der Waals surface area contributed by atoms with Crippen molar-refractivity contribution in [3.63, 3.8) is 0 Å². The third-order valence-electron chi connectivity index (χ3n) is 3.58. The minimum Gasteiger partial charge on any atom is -0.372 e. The number of nitrogens with one attached hydrogen (secondary N) is 1. The number of thioether (sulfide) groups is 1. The molecule has 0 fully saturated rings. The van der Waals surface area contributed by atoms with Gasteiger partial charge in [-0.2, -0.15) is 0 Å². The molecule has 0 aliphatic heterocycles. The van der Waals surface area contributed by atoms with Crippen LogP contribution in [-0.2, 0) is 0 Å². The van der Waals surface area contributed by atoms with Crippen LogP contribution in [0.4, 0.5) is 0 Å². The number of alkyl halides is 2. The highest BCUT2D eigenvalue weighted by Crippen LogP contribution is 2.35. The number of aromatic nitrogens is 1. The Kier molecular flexibility index (Phi) is 4.49. The predicted octanol–water partition coefficient (Wildman–Crippen LogP) is 3.45. The molecule has 0 radical (unpaired) electrons. The van der Waals surface area contributed by atoms with E-state index in [2.05, 4.69) is 26.2 Å². The van der Waals surface area contributed by atoms with Crippen molar-refractivity contribution >= 4 is 50.9 Å². The van der Waals surface area contributed by atoms with E-state index in [4.69, 9.17) is 11.6 Å². The lowest BCUT2D eigenvalue weighted by molar-refractivity contribution is 0.0971. The molecule has 1 N–H and O–H groups in total. The Hall–Kier alpha value is -1.37. The van der Waals surface area contributed by atoms with Crippen LogP contribution in [0.5, 0.6) is 0 Å². The highest BCUT2D eigenvalue weighted by atomic mass is 79.9. The number of rotatable bonds is 3. The number of hydrogen-bond acceptors (Lipinski definition) is 5. The summed E-state index contributed by atoms with van der Waals surface area (Å²) >= 11 is 11.1. The number of fused-ring (bicyclic) bond motifs is 1. The Bertz CT molecular complexity index is 786. The summed E-state index contributed by atoms with van der Waals surface area (Å²) in [5.41, 5.74) is 0.766. The first-order chi connectivity index (χ1) is 11.0. The van der Waals surface area contributed by atoms with E-state index >= 15 is 0 Å². The molecule has 0 saturated carbocycles. The van der Waals surface area contributed by atoms with Crippen molar-refractivity contribution in [1.29, 1.82) is 0 Å². The predicted molar refractivity (Wildman–Crippen MR) is 96.2 cm³/mol. The molecular weight excluding hydrogens is 400 g/mol. The van der Waals surface area contributed by atoms with E-state index in [0.717, 1.165) is 0 Å². The Balaban J connectivity index is 2.03. The van der Waals surface area contributed by atoms with Crippen LogP contribution >= 0.6 is 39.3 Å². The van der Waals surface area contributed by atoms with E-state index < -0.39 is 3.78 Å². The first-order valence-electron chi connectivity index (χ1n) is 6.79. The molecular formula is C16H12BrClN2O2S. The zero-order valence-electron chi connectivity index (χ0n) is 12.0. The number of nitrogens with zero attached hydrogens (tertiary/aromatic N) is 1. The van der Waals surface area contributed by atoms with Crippen LogP contribution in [0.1, 0.15) is 20.8 Å². The zero-order valence-corrected chi connectivity index (χ0v) is 15.2. The number of ketones is 2. The molecule has 118 valence electrons. The number of pyridine rings is 1. The van der Waals surface area contributed by atoms with Crippen molar-refractivity contribution in [2.24, 2.45) is 0 Å². The lowest BCUT2D eigenvalue weighted by Crippen LogP contribution is -2.44. The maximum atomic E-state index is 12.8. The summed E-state index contributed by atoms with van der Waals surface area (Å²) in [4.78, 5) is 29.8. The fraction of sp³-hybridized carbons (Fsp3) is 0.188. The Labute approximate surface area is 151 Å². The minimum atomic E-state index is -0.864. The molecule has 3 rings (SSSR count). The Morgan fingerprint density at radius 1 is 1.35 bits per heavy atom. The van der Waals surface area contributed by atoms with Gasteiger partial charge in [0.1, 0.15) is 15.2 Å². The smallest absolute Gasteiger partial charge is 0.220 e. The van der Waals surface area contributed by atoms with Crippen LogP contribution in [0.15, 0.2) is 53.2 Å². The first-order valence-corrected chi connectivity index (χ1v) is 9.18. The van der Waals surface area contributed by atoms with Crippen molar-refractivity contribution in [2.45, 2.75) is 9.83 Å². The molecule has 2 atom stereocenters. The SMILES string of the molecule is CSC1=C(NC2C=CC=CC2(Cl)Br)C(=O)c2cccnc2C1=O. The van der Waals surface area contributed by atoms with Gasteiger partial charge in [-0.1, -0.05) is 51.8 Å². The summed E-state index contributed by atoms with van der Waals surface area (Å²) in [5, 5.41) is 3.11. The minimum absolute atomic E-state index is 0.197. The Morgan fingerprint density at radius 3 is 2.83 bits per heavy atom. The van der Waals surface area contributed by atoms with Crippen molar-refractivity contribution in [1.82, 2.24) is 10.3 Å². The van der Waals surface area contributed by atoms with Crippen molar-refractivity contribution < 1.29 is 9.59 Å². The molecule has 4 nitrogen and oxygen atoms in total. The lowest BCUT2D eigenvalue weighted by atomic mass is 9.96. The fourth-order valence-corrected chi connectivity index (χ4v) is 3.70. The standard InChI is InChI=1S/C16H12BrClN2O2S/c1-23-15-12(20-10-6-2-3-7-16(10,17)18)13(21)9-5-4-8-19-11(9)14(15)22/h2-8,10,20H,1H3. The molecule has 0 aromatic carbocycles. The van der Waals surface area contributed by atoms with E-state index in [1.165, 1.54) is 18.0 Å². The molecule has 7 heteroatoms. The molecule has 23 heavy (non-hydrogen) atoms. The number of carbonyl (C=O) groups excluding carboxylic acids is 2. The fourth-order valence-electron chi connectivity index (χ4n) is 2.45. The molecule has 1 aromatic rings. The summed E-state index contributed by atoms with van der Waals surface area (Å²) in [7, 11) is 0. The van der Waals surface area contributed by atoms with E-state index in [1.54, 1.807) is 24.5 Å². The summed E-state index contributed by atoms with van der Waals surface area (Å²) < 4.78 is -0.864. The summed E-state index contributed by atoms with van der Waals surface area (Å²) in [5.74, 6) is -0.500. The second kappa shape index (κ2) is 6.26. The number of allylic oxidation sites excluding steroid dienone is 4. The molecule has 0 spiro atoms. The third-order valence-corrected chi connectivity index (χ3v) is 5.50. The molecule has 2 unspecified atom stereocenters. The van der Waals surface area contributed by atoms with Crippen LogP contribution in [0.2, 0.25) is 0 Å². The summed E-state index contributed by atoms with van der Waals surface area (Å²) in [6, 6.07) is 2.88. The zero-order chi connectivity index (χ0) is 16.6. The highest BCUT2D eigenvalue weighted by Gasteiger charge is 2.38. The van der Waals surface area contributed by atoms with E-state index in [1.807, 2.05) is 18.2 Å². The van der Waals surface area contributed by atoms with Crippen LogP contribution in [-0.4, -0.2) is 32.6 Å². The Morgan fingerprint density at radius 2 is 2.13 bits per heavy atom. The molecule has 1 heterocycles. The van der Waals surface area contributed by atoms with E-state index in [9.17, 15) is 9.59 Å². The summed E-state index contributed by atoms with van der Waals surface area (Å²) in [6.07, 6.45) is 10.5. The van der Waals surface area contributed by atoms with Crippen molar-refractivity contribution in [3.05, 3.63) is 64.5 Å². The van der Waals surface area contributed by atoms with Gasteiger partial charge in [0.25, 0.3) is 0 Å². The molecule has 2 aliphatic carbocycles. The third kappa shape index (κ3) is 2.91. The van der Waals surface area contributed by atoms with Crippen LogP contribution in [0.25, 0.3) is 0 Å². The van der Waals surface area contributed by atoms with Gasteiger partial charge in [-0.15, -0.1) is 11.8 Å². The van der Waals surface area contributed by atoms with Gasteiger partial charge >= 0.3 is 0 Å². The molecule has 1 aromatic heterocycles. The monoisotopic (exact) mass is 410 g/mol. The summed E-state index contributed by atoms with van der Waals surface area (Å²) in [6.45, 7) is 0. The second-order valence-electron chi connectivity index (χ2n) is 5.01. The molecule has 0 bridgehead atoms. The maximum Gasteiger partial charge on any atom is 0.220 e. The van der Waals surface area contributed by atoms with Gasteiger partial charge in [-0.25, -0.2) is 0 Å². The highest BCUT2D eigenvalue weighted by molar-refractivity contribution is 9.10. The number of Topliss-reactive ketones (excluding diaryl/α,β-unsaturated/α-hetero) is 2. The molecule has 0 amide bonds. The topological polar surface area (TPSA) is 59.1 Å². The van der Waals surface area contributed by atoms with E-state index in [-0.39, 0.29) is 29.0 Å². The largest absolute Gasteiger partial charge is 0.372 e. The van der Waals surface area contributed by atoms with Gasteiger partial charge in [-0.3, -0.25) is 14.6 Å². The second-order valence-corrected chi connectivity index (χ2v) is 8.22. The number of hydrogen-bond donors (Lipinski definition) is 1. The average molecular weight is 412 g/mol. The maximum absolute atomic E-state index is 12.8. The lowest BCUT2D eigenvalue weighted by Gasteiger charge is -2.31. The van der Waals surface area contributed by atoms with Gasteiger partial charge < -0.3 is 5.32 Å². The van der Waals surface area contributed by atoms with Gasteiger partial charge in [0.2, 0.25) is 11.6 Å². The molecule has 2 aliphatic rings. The van der Waals surface area contributed by atoms with Crippen molar-refractivity contribution in [2.75, 3.05) is 6.26 Å². The number of carbonyl (C=O) groups is 2. The quantitative estimate of drug-likeness (QED) is 0.772. The van der Waals surface area contributed by atoms with Crippen molar-refractivity contribution in [3.8, 4) is 0 Å². The van der Waals surface area contributed by atoms with Gasteiger partial charge in [0.15, 0.2) is 0 Å². The van der Waals surface area contributed by atoms with Crippen LogP contribution < -0.4 is 5.32 Å². The van der Waals surface area contributed by atoms with Crippen LogP contribution in [0.3, 0.4) is 0 Å². The van der Waals surface area contributed by atoms with Gasteiger partial charge in [0.05, 0.1) is 16.5 Å². The van der Waals surface area contributed by atoms with Crippen LogP contribution in [0, 0.1) is 0 Å². The van der Waals surface area contributed by atoms with Gasteiger partial charge in [-0.05, 0) is 18.4 Å². The average Bonchev–Trinajstić information content (AvgIpc) is 2.54. The molecule has 0 saturated heterocycles. The van der Waals surface area contributed by atoms with E-state index in [0.29, 0.717) is 10.5 Å². The number of halogens is 2. The normalized spacial score (nSPS) is 26.5. The van der Waals surface area contributed by atoms with Gasteiger partial charge in [0, 0.05) is 6.20 Å². The first kappa shape index (κ1) is 16.5.